The summed E-state index contributed by atoms with van der Waals surface area (Å²) >= 11 is 0. The predicted molar refractivity (Wildman–Crippen MR) is 108 cm³/mol. The molecule has 0 spiro atoms. The molecule has 0 aliphatic rings. The molecule has 3 aromatic heterocycles. The van der Waals surface area contributed by atoms with Gasteiger partial charge in [-0.25, -0.2) is 16.8 Å². The fraction of sp³-hybridized carbons (Fsp3) is 0.143. The van der Waals surface area contributed by atoms with Crippen LogP contribution in [-0.4, -0.2) is 27.6 Å². The molecule has 0 bridgehead atoms. The van der Waals surface area contributed by atoms with E-state index in [1.807, 2.05) is 0 Å². The van der Waals surface area contributed by atoms with Gasteiger partial charge in [0.2, 0.25) is 10.0 Å². The van der Waals surface area contributed by atoms with Crippen LogP contribution in [0.2, 0.25) is 0 Å². The van der Waals surface area contributed by atoms with Crippen LogP contribution in [0, 0.1) is 5.82 Å². The zero-order valence-corrected chi connectivity index (χ0v) is 16.2. The van der Waals surface area contributed by atoms with Gasteiger partial charge >= 0.3 is 0 Å². The van der Waals surface area contributed by atoms with Crippen LogP contribution < -0.4 is 0 Å². The lowest BCUT2D eigenvalue weighted by atomic mass is 10.0. The van der Waals surface area contributed by atoms with E-state index in [1.165, 1.54) is 16.1 Å². The van der Waals surface area contributed by atoms with Crippen LogP contribution >= 0.6 is 0 Å². The van der Waals surface area contributed by atoms with E-state index in [9.17, 15) is 12.8 Å². The molecule has 28 heavy (non-hydrogen) atoms. The summed E-state index contributed by atoms with van der Waals surface area (Å²) in [5.74, 6) is -0.360. The van der Waals surface area contributed by atoms with Crippen molar-refractivity contribution in [1.82, 2.24) is 13.9 Å². The molecule has 0 aliphatic heterocycles. The maximum absolute atomic E-state index is 13.5. The van der Waals surface area contributed by atoms with Crippen LogP contribution in [0.4, 0.5) is 4.39 Å². The maximum atomic E-state index is 13.5. The van der Waals surface area contributed by atoms with Crippen molar-refractivity contribution in [2.24, 2.45) is 0 Å². The van der Waals surface area contributed by atoms with Crippen molar-refractivity contribution in [2.75, 3.05) is 0 Å². The van der Waals surface area contributed by atoms with Gasteiger partial charge in [0.1, 0.15) is 5.82 Å². The first kappa shape index (κ1) is 18.3. The summed E-state index contributed by atoms with van der Waals surface area (Å²) < 4.78 is 41.5. The van der Waals surface area contributed by atoms with Crippen molar-refractivity contribution >= 4 is 21.1 Å². The second-order valence-electron chi connectivity index (χ2n) is 6.70. The lowest BCUT2D eigenvalue weighted by molar-refractivity contribution is 0.580. The molecule has 0 N–H and O–H groups in total. The highest BCUT2D eigenvalue weighted by atomic mass is 32.2. The summed E-state index contributed by atoms with van der Waals surface area (Å²) in [6.45, 7) is 3.29. The minimum Gasteiger partial charge on any atom is -0.265 e. The summed E-state index contributed by atoms with van der Waals surface area (Å²) in [6.07, 6.45) is 4.85. The van der Waals surface area contributed by atoms with Gasteiger partial charge in [0, 0.05) is 29.7 Å². The van der Waals surface area contributed by atoms with Crippen LogP contribution in [0.1, 0.15) is 13.8 Å². The molecule has 3 heterocycles. The number of hydrogen-bond donors (Lipinski definition) is 0. The van der Waals surface area contributed by atoms with Gasteiger partial charge in [0.05, 0.1) is 22.0 Å². The number of hydrogen-bond acceptors (Lipinski definition) is 4. The number of nitrogens with zero attached hydrogens (tertiary/aromatic N) is 3. The van der Waals surface area contributed by atoms with Gasteiger partial charge in [-0.05, 0) is 55.8 Å². The van der Waals surface area contributed by atoms with E-state index < -0.39 is 15.3 Å². The molecule has 0 atom stereocenters. The van der Waals surface area contributed by atoms with Gasteiger partial charge in [0.15, 0.2) is 0 Å². The fourth-order valence-electron chi connectivity index (χ4n) is 3.22. The second-order valence-corrected chi connectivity index (χ2v) is 9.03. The van der Waals surface area contributed by atoms with E-state index in [-0.39, 0.29) is 5.82 Å². The van der Waals surface area contributed by atoms with Crippen LogP contribution in [0.15, 0.2) is 67.1 Å². The Bertz CT molecular complexity index is 1250. The topological polar surface area (TPSA) is 64.8 Å². The molecule has 0 fully saturated rings. The number of aromatic nitrogens is 3. The Kier molecular flexibility index (Phi) is 4.47. The first-order valence-electron chi connectivity index (χ1n) is 8.81. The molecule has 4 rings (SSSR count). The van der Waals surface area contributed by atoms with Gasteiger partial charge in [-0.1, -0.05) is 12.1 Å². The smallest absolute Gasteiger partial charge is 0.241 e. The first-order chi connectivity index (χ1) is 13.4. The average Bonchev–Trinajstić information content (AvgIpc) is 3.05. The third-order valence-corrected chi connectivity index (χ3v) is 6.70. The standard InChI is InChI=1S/C21H18FN3O2S/c1-14(2)28(26,27)25-18-4-3-11-24-20(18)19(15-5-7-17(22)8-6-15)21(25)16-9-12-23-13-10-16/h3-14H,1-2H3. The van der Waals surface area contributed by atoms with Crippen molar-refractivity contribution in [1.29, 1.82) is 0 Å². The maximum Gasteiger partial charge on any atom is 0.241 e. The van der Waals surface area contributed by atoms with Crippen molar-refractivity contribution in [3.63, 3.8) is 0 Å². The zero-order chi connectivity index (χ0) is 19.9. The summed E-state index contributed by atoms with van der Waals surface area (Å²) in [5, 5.41) is -0.634. The summed E-state index contributed by atoms with van der Waals surface area (Å²) in [6, 6.07) is 12.9. The van der Waals surface area contributed by atoms with Crippen molar-refractivity contribution in [2.45, 2.75) is 19.1 Å². The molecule has 1 aromatic carbocycles. The van der Waals surface area contributed by atoms with E-state index in [1.54, 1.807) is 68.8 Å². The molecule has 0 saturated carbocycles. The molecule has 0 aliphatic carbocycles. The zero-order valence-electron chi connectivity index (χ0n) is 15.4. The minimum atomic E-state index is -3.70. The first-order valence-corrected chi connectivity index (χ1v) is 10.3. The predicted octanol–water partition coefficient (Wildman–Crippen LogP) is 4.49. The van der Waals surface area contributed by atoms with Gasteiger partial charge in [-0.2, -0.15) is 0 Å². The molecule has 142 valence electrons. The highest BCUT2D eigenvalue weighted by Gasteiger charge is 2.29. The second kappa shape index (κ2) is 6.83. The Hall–Kier alpha value is -3.06. The van der Waals surface area contributed by atoms with Gasteiger partial charge in [-0.3, -0.25) is 9.97 Å². The minimum absolute atomic E-state index is 0.360. The third kappa shape index (κ3) is 2.88. The van der Waals surface area contributed by atoms with Gasteiger partial charge in [0.25, 0.3) is 0 Å². The highest BCUT2D eigenvalue weighted by molar-refractivity contribution is 7.90. The Morgan fingerprint density at radius 2 is 1.61 bits per heavy atom. The molecule has 5 nitrogen and oxygen atoms in total. The van der Waals surface area contributed by atoms with E-state index in [2.05, 4.69) is 9.97 Å². The van der Waals surface area contributed by atoms with Crippen LogP contribution in [0.3, 0.4) is 0 Å². The Balaban J connectivity index is 2.22. The van der Waals surface area contributed by atoms with E-state index >= 15 is 0 Å². The number of fused-ring (bicyclic) bond motifs is 1. The van der Waals surface area contributed by atoms with Crippen molar-refractivity contribution in [3.8, 4) is 22.4 Å². The Labute approximate surface area is 162 Å². The summed E-state index contributed by atoms with van der Waals surface area (Å²) in [7, 11) is -3.70. The number of halogens is 1. The molecule has 0 radical (unpaired) electrons. The molecular formula is C21H18FN3O2S. The average molecular weight is 395 g/mol. The third-order valence-electron chi connectivity index (χ3n) is 4.62. The van der Waals surface area contributed by atoms with Crippen LogP contribution in [0.25, 0.3) is 33.4 Å². The number of pyridine rings is 2. The normalized spacial score (nSPS) is 12.0. The molecule has 0 saturated heterocycles. The van der Waals surface area contributed by atoms with E-state index in [0.717, 1.165) is 0 Å². The number of rotatable bonds is 4. The number of benzene rings is 1. The molecule has 0 amide bonds. The largest absolute Gasteiger partial charge is 0.265 e. The molecule has 4 aromatic rings. The molecular weight excluding hydrogens is 377 g/mol. The van der Waals surface area contributed by atoms with Crippen molar-refractivity contribution < 1.29 is 12.8 Å². The van der Waals surface area contributed by atoms with Gasteiger partial charge in [-0.15, -0.1) is 0 Å². The molecule has 7 heteroatoms. The van der Waals surface area contributed by atoms with E-state index in [4.69, 9.17) is 0 Å². The summed E-state index contributed by atoms with van der Waals surface area (Å²) in [5.41, 5.74) is 3.56. The van der Waals surface area contributed by atoms with Crippen LogP contribution in [-0.2, 0) is 10.0 Å². The van der Waals surface area contributed by atoms with Gasteiger partial charge < -0.3 is 0 Å². The highest BCUT2D eigenvalue weighted by Crippen LogP contribution is 2.41. The Morgan fingerprint density at radius 3 is 2.25 bits per heavy atom. The van der Waals surface area contributed by atoms with E-state index in [0.29, 0.717) is 33.4 Å². The lowest BCUT2D eigenvalue weighted by Crippen LogP contribution is -2.23. The lowest BCUT2D eigenvalue weighted by Gasteiger charge is -2.15. The SMILES string of the molecule is CC(C)S(=O)(=O)n1c(-c2ccncc2)c(-c2ccc(F)cc2)c2ncccc21. The Morgan fingerprint density at radius 1 is 0.929 bits per heavy atom. The monoisotopic (exact) mass is 395 g/mol. The van der Waals surface area contributed by atoms with Crippen LogP contribution in [0.5, 0.6) is 0 Å². The molecule has 0 unspecified atom stereocenters. The summed E-state index contributed by atoms with van der Waals surface area (Å²) in [4.78, 5) is 8.51. The quantitative estimate of drug-likeness (QED) is 0.511. The fourth-order valence-corrected chi connectivity index (χ4v) is 4.52. The van der Waals surface area contributed by atoms with Crippen molar-refractivity contribution in [3.05, 3.63) is 72.9 Å².